The van der Waals surface area contributed by atoms with Crippen molar-refractivity contribution < 1.29 is 4.74 Å². The third-order valence-corrected chi connectivity index (χ3v) is 7.95. The lowest BCUT2D eigenvalue weighted by Crippen LogP contribution is -2.72. The van der Waals surface area contributed by atoms with E-state index in [1.165, 1.54) is 51.4 Å². The van der Waals surface area contributed by atoms with Gasteiger partial charge in [-0.15, -0.1) is 0 Å². The maximum atomic E-state index is 6.03. The number of guanidine groups is 1. The summed E-state index contributed by atoms with van der Waals surface area (Å²) in [6, 6.07) is 1.16. The van der Waals surface area contributed by atoms with Crippen molar-refractivity contribution in [3.05, 3.63) is 0 Å². The largest absolute Gasteiger partial charge is 0.377 e. The molecule has 5 atom stereocenters. The second-order valence-electron chi connectivity index (χ2n) is 7.89. The van der Waals surface area contributed by atoms with Crippen LogP contribution < -0.4 is 10.6 Å². The van der Waals surface area contributed by atoms with Crippen LogP contribution in [0.5, 0.6) is 0 Å². The van der Waals surface area contributed by atoms with Gasteiger partial charge in [0.15, 0.2) is 5.96 Å². The highest BCUT2D eigenvalue weighted by Gasteiger charge is 2.66. The van der Waals surface area contributed by atoms with Crippen LogP contribution in [0.3, 0.4) is 0 Å². The predicted octanol–water partition coefficient (Wildman–Crippen LogP) is 2.78. The zero-order valence-electron chi connectivity index (χ0n) is 14.5. The van der Waals surface area contributed by atoms with Crippen LogP contribution >= 0.6 is 11.8 Å². The van der Waals surface area contributed by atoms with Crippen LogP contribution in [-0.4, -0.2) is 49.3 Å². The molecule has 0 bridgehead atoms. The SMILES string of the molecule is CN=C(NC1CCCC(SC)C1)NC1C2CCOC2C12CCC2. The minimum absolute atomic E-state index is 0.424. The summed E-state index contributed by atoms with van der Waals surface area (Å²) in [5, 5.41) is 8.33. The predicted molar refractivity (Wildman–Crippen MR) is 97.1 cm³/mol. The molecule has 5 unspecified atom stereocenters. The molecule has 3 saturated carbocycles. The highest BCUT2D eigenvalue weighted by molar-refractivity contribution is 7.99. The van der Waals surface area contributed by atoms with Gasteiger partial charge >= 0.3 is 0 Å². The normalized spacial score (nSPS) is 41.8. The average molecular weight is 338 g/mol. The molecule has 1 aliphatic heterocycles. The smallest absolute Gasteiger partial charge is 0.191 e. The van der Waals surface area contributed by atoms with Gasteiger partial charge in [-0.05, 0) is 44.8 Å². The van der Waals surface area contributed by atoms with Crippen LogP contribution in [0, 0.1) is 11.3 Å². The summed E-state index contributed by atoms with van der Waals surface area (Å²) in [5.74, 6) is 1.73. The summed E-state index contributed by atoms with van der Waals surface area (Å²) in [6.45, 7) is 0.958. The Morgan fingerprint density at radius 3 is 2.74 bits per heavy atom. The third kappa shape index (κ3) is 2.68. The lowest BCUT2D eigenvalue weighted by atomic mass is 9.46. The number of ether oxygens (including phenoxy) is 1. The molecule has 1 heterocycles. The van der Waals surface area contributed by atoms with E-state index in [0.717, 1.165) is 17.8 Å². The van der Waals surface area contributed by atoms with E-state index in [-0.39, 0.29) is 0 Å². The highest BCUT2D eigenvalue weighted by atomic mass is 32.2. The molecule has 2 N–H and O–H groups in total. The van der Waals surface area contributed by atoms with Gasteiger partial charge in [-0.25, -0.2) is 0 Å². The average Bonchev–Trinajstić information content (AvgIpc) is 2.95. The Morgan fingerprint density at radius 1 is 1.17 bits per heavy atom. The summed E-state index contributed by atoms with van der Waals surface area (Å²) in [5.41, 5.74) is 0.424. The van der Waals surface area contributed by atoms with Gasteiger partial charge in [0.25, 0.3) is 0 Å². The molecule has 3 aliphatic carbocycles. The first-order chi connectivity index (χ1) is 11.3. The third-order valence-electron chi connectivity index (χ3n) is 6.85. The van der Waals surface area contributed by atoms with E-state index in [4.69, 9.17) is 4.74 Å². The van der Waals surface area contributed by atoms with Gasteiger partial charge in [-0.3, -0.25) is 4.99 Å². The number of hydrogen-bond donors (Lipinski definition) is 2. The van der Waals surface area contributed by atoms with Gasteiger partial charge in [0.1, 0.15) is 0 Å². The number of nitrogens with one attached hydrogen (secondary N) is 2. The number of rotatable bonds is 3. The fourth-order valence-corrected chi connectivity index (χ4v) is 6.28. The molecule has 0 radical (unpaired) electrons. The highest BCUT2D eigenvalue weighted by Crippen LogP contribution is 2.62. The van der Waals surface area contributed by atoms with Crippen LogP contribution in [0.25, 0.3) is 0 Å². The first-order valence-electron chi connectivity index (χ1n) is 9.41. The number of fused-ring (bicyclic) bond motifs is 2. The van der Waals surface area contributed by atoms with Crippen molar-refractivity contribution in [1.82, 2.24) is 10.6 Å². The molecule has 4 rings (SSSR count). The van der Waals surface area contributed by atoms with Crippen molar-refractivity contribution in [2.24, 2.45) is 16.3 Å². The summed E-state index contributed by atoms with van der Waals surface area (Å²) in [6.07, 6.45) is 13.3. The summed E-state index contributed by atoms with van der Waals surface area (Å²) >= 11 is 2.02. The standard InChI is InChI=1S/C18H31N3OS/c1-19-17(20-12-5-3-6-13(11-12)23-2)21-15-14-7-10-22-16(14)18(15)8-4-9-18/h12-16H,3-11H2,1-2H3,(H2,19,20,21). The Labute approximate surface area is 144 Å². The monoisotopic (exact) mass is 337 g/mol. The molecule has 0 aromatic rings. The molecular weight excluding hydrogens is 306 g/mol. The molecule has 23 heavy (non-hydrogen) atoms. The van der Waals surface area contributed by atoms with E-state index < -0.39 is 0 Å². The number of nitrogens with zero attached hydrogens (tertiary/aromatic N) is 1. The van der Waals surface area contributed by atoms with Gasteiger partial charge in [-0.1, -0.05) is 12.8 Å². The molecule has 5 heteroatoms. The lowest BCUT2D eigenvalue weighted by molar-refractivity contribution is -0.171. The van der Waals surface area contributed by atoms with Gasteiger partial charge in [0.2, 0.25) is 0 Å². The van der Waals surface area contributed by atoms with E-state index >= 15 is 0 Å². The quantitative estimate of drug-likeness (QED) is 0.614. The molecular formula is C18H31N3OS. The summed E-state index contributed by atoms with van der Waals surface area (Å²) in [7, 11) is 1.92. The second-order valence-corrected chi connectivity index (χ2v) is 9.03. The first kappa shape index (κ1) is 16.1. The first-order valence-corrected chi connectivity index (χ1v) is 10.7. The van der Waals surface area contributed by atoms with Crippen LogP contribution in [0.4, 0.5) is 0 Å². The minimum Gasteiger partial charge on any atom is -0.377 e. The second kappa shape index (κ2) is 6.47. The van der Waals surface area contributed by atoms with Crippen molar-refractivity contribution in [3.63, 3.8) is 0 Å². The van der Waals surface area contributed by atoms with Crippen molar-refractivity contribution in [2.75, 3.05) is 19.9 Å². The van der Waals surface area contributed by atoms with E-state index in [9.17, 15) is 0 Å². The topological polar surface area (TPSA) is 45.7 Å². The molecule has 4 nitrogen and oxygen atoms in total. The summed E-state index contributed by atoms with van der Waals surface area (Å²) < 4.78 is 6.03. The van der Waals surface area contributed by atoms with Gasteiger partial charge < -0.3 is 15.4 Å². The Balaban J connectivity index is 1.37. The molecule has 4 aliphatic rings. The Kier molecular flexibility index (Phi) is 4.52. The zero-order valence-corrected chi connectivity index (χ0v) is 15.3. The van der Waals surface area contributed by atoms with Crippen LogP contribution in [0.2, 0.25) is 0 Å². The van der Waals surface area contributed by atoms with Gasteiger partial charge in [0, 0.05) is 42.3 Å². The van der Waals surface area contributed by atoms with Crippen molar-refractivity contribution >= 4 is 17.7 Å². The molecule has 0 aromatic heterocycles. The Morgan fingerprint density at radius 2 is 2.04 bits per heavy atom. The van der Waals surface area contributed by atoms with Crippen molar-refractivity contribution in [3.8, 4) is 0 Å². The Hall–Kier alpha value is -0.420. The lowest BCUT2D eigenvalue weighted by Gasteiger charge is -2.63. The van der Waals surface area contributed by atoms with E-state index in [2.05, 4.69) is 21.9 Å². The maximum Gasteiger partial charge on any atom is 0.191 e. The van der Waals surface area contributed by atoms with E-state index in [0.29, 0.717) is 29.5 Å². The van der Waals surface area contributed by atoms with Gasteiger partial charge in [0.05, 0.1) is 6.10 Å². The molecule has 1 spiro atoms. The fourth-order valence-electron chi connectivity index (χ4n) is 5.46. The van der Waals surface area contributed by atoms with Crippen LogP contribution in [0.15, 0.2) is 4.99 Å². The van der Waals surface area contributed by atoms with Crippen molar-refractivity contribution in [2.45, 2.75) is 74.8 Å². The van der Waals surface area contributed by atoms with Crippen molar-refractivity contribution in [1.29, 1.82) is 0 Å². The number of hydrogen-bond acceptors (Lipinski definition) is 3. The van der Waals surface area contributed by atoms with Crippen LogP contribution in [0.1, 0.15) is 51.4 Å². The Bertz CT molecular complexity index is 465. The number of aliphatic imine (C=N–C) groups is 1. The van der Waals surface area contributed by atoms with Crippen LogP contribution in [-0.2, 0) is 4.74 Å². The van der Waals surface area contributed by atoms with E-state index in [1.54, 1.807) is 0 Å². The number of thioether (sulfide) groups is 1. The maximum absolute atomic E-state index is 6.03. The van der Waals surface area contributed by atoms with Gasteiger partial charge in [-0.2, -0.15) is 11.8 Å². The summed E-state index contributed by atoms with van der Waals surface area (Å²) in [4.78, 5) is 4.54. The molecule has 0 aromatic carbocycles. The molecule has 130 valence electrons. The molecule has 0 amide bonds. The zero-order chi connectivity index (χ0) is 15.9. The van der Waals surface area contributed by atoms with E-state index in [1.807, 2.05) is 18.8 Å². The molecule has 1 saturated heterocycles. The fraction of sp³-hybridized carbons (Fsp3) is 0.944. The molecule has 4 fully saturated rings. The minimum atomic E-state index is 0.424.